The van der Waals surface area contributed by atoms with Crippen molar-refractivity contribution >= 4 is 34.5 Å². The Kier molecular flexibility index (Phi) is 6.74. The minimum absolute atomic E-state index is 0.0512. The van der Waals surface area contributed by atoms with Crippen LogP contribution in [0.4, 0.5) is 0 Å². The second-order valence-corrected chi connectivity index (χ2v) is 10.4. The van der Waals surface area contributed by atoms with Crippen molar-refractivity contribution < 1.29 is 18.7 Å². The summed E-state index contributed by atoms with van der Waals surface area (Å²) in [6, 6.07) is 7.97. The molecule has 7 heteroatoms. The largest absolute Gasteiger partial charge is 0.451 e. The number of rotatable bonds is 5. The molecule has 32 heavy (non-hydrogen) atoms. The lowest BCUT2D eigenvalue weighted by Crippen LogP contribution is -2.52. The first-order chi connectivity index (χ1) is 15.7. The van der Waals surface area contributed by atoms with Crippen molar-refractivity contribution in [1.29, 1.82) is 0 Å². The first kappa shape index (κ1) is 21.8. The number of furan rings is 1. The average Bonchev–Trinajstić information content (AvgIpc) is 3.51. The number of nitrogens with zero attached hydrogens (tertiary/aromatic N) is 2. The summed E-state index contributed by atoms with van der Waals surface area (Å²) in [5, 5.41) is 1.72. The fourth-order valence-corrected chi connectivity index (χ4v) is 6.45. The maximum Gasteiger partial charge on any atom is 0.290 e. The first-order valence-electron chi connectivity index (χ1n) is 12.0. The predicted molar refractivity (Wildman–Crippen MR) is 126 cm³/mol. The number of hydrogen-bond acceptors (Lipinski definition) is 5. The third-order valence-electron chi connectivity index (χ3n) is 6.99. The summed E-state index contributed by atoms with van der Waals surface area (Å²) < 4.78 is 11.7. The van der Waals surface area contributed by atoms with Crippen LogP contribution in [0.25, 0.3) is 11.0 Å². The molecule has 5 rings (SSSR count). The van der Waals surface area contributed by atoms with Crippen molar-refractivity contribution in [1.82, 2.24) is 9.80 Å². The Labute approximate surface area is 193 Å². The highest BCUT2D eigenvalue weighted by Gasteiger charge is 2.33. The minimum atomic E-state index is -0.295. The van der Waals surface area contributed by atoms with E-state index in [9.17, 15) is 9.59 Å². The molecule has 0 N–H and O–H groups in total. The van der Waals surface area contributed by atoms with E-state index in [1.807, 2.05) is 39.8 Å². The highest BCUT2D eigenvalue weighted by molar-refractivity contribution is 7.99. The van der Waals surface area contributed by atoms with Gasteiger partial charge in [0.2, 0.25) is 0 Å². The van der Waals surface area contributed by atoms with Crippen LogP contribution in [0.3, 0.4) is 0 Å². The first-order valence-corrected chi connectivity index (χ1v) is 13.1. The number of benzene rings is 1. The van der Waals surface area contributed by atoms with Gasteiger partial charge in [0.25, 0.3) is 11.8 Å². The van der Waals surface area contributed by atoms with Crippen LogP contribution < -0.4 is 0 Å². The maximum atomic E-state index is 13.5. The van der Waals surface area contributed by atoms with E-state index in [1.165, 1.54) is 32.1 Å². The molecular formula is C25H32N2O4S. The molecule has 6 nitrogen and oxygen atoms in total. The van der Waals surface area contributed by atoms with Crippen molar-refractivity contribution in [3.63, 3.8) is 0 Å². The normalized spacial score (nSPS) is 22.6. The zero-order chi connectivity index (χ0) is 21.9. The molecule has 172 valence electrons. The second-order valence-electron chi connectivity index (χ2n) is 9.10. The second kappa shape index (κ2) is 9.87. The van der Waals surface area contributed by atoms with Crippen LogP contribution in [-0.4, -0.2) is 65.8 Å². The summed E-state index contributed by atoms with van der Waals surface area (Å²) in [6.07, 6.45) is 7.96. The van der Waals surface area contributed by atoms with Gasteiger partial charge in [-0.05, 0) is 31.7 Å². The summed E-state index contributed by atoms with van der Waals surface area (Å²) in [6.45, 7) is 2.84. The molecule has 1 saturated carbocycles. The third kappa shape index (κ3) is 4.55. The lowest BCUT2D eigenvalue weighted by Gasteiger charge is -2.35. The van der Waals surface area contributed by atoms with E-state index in [0.717, 1.165) is 35.1 Å². The number of amides is 2. The van der Waals surface area contributed by atoms with Crippen molar-refractivity contribution in [3.05, 3.63) is 35.6 Å². The smallest absolute Gasteiger partial charge is 0.290 e. The third-order valence-corrected chi connectivity index (χ3v) is 8.39. The van der Waals surface area contributed by atoms with Gasteiger partial charge in [-0.2, -0.15) is 11.8 Å². The SMILES string of the molecule is O=C(c1oc2ccccc2c1CSC1CCCCC1)N1CCN(C(=O)C2CCCO2)CC1. The molecule has 1 atom stereocenters. The van der Waals surface area contributed by atoms with Crippen LogP contribution >= 0.6 is 11.8 Å². The molecule has 2 amide bonds. The molecule has 3 fully saturated rings. The molecule has 0 radical (unpaired) electrons. The highest BCUT2D eigenvalue weighted by atomic mass is 32.2. The van der Waals surface area contributed by atoms with Crippen molar-refractivity contribution in [2.45, 2.75) is 62.1 Å². The van der Waals surface area contributed by atoms with Gasteiger partial charge in [-0.15, -0.1) is 0 Å². The molecule has 2 aliphatic heterocycles. The van der Waals surface area contributed by atoms with E-state index in [2.05, 4.69) is 6.07 Å². The molecule has 3 heterocycles. The summed E-state index contributed by atoms with van der Waals surface area (Å²) in [5.41, 5.74) is 1.81. The lowest BCUT2D eigenvalue weighted by molar-refractivity contribution is -0.142. The molecule has 2 saturated heterocycles. The average molecular weight is 457 g/mol. The van der Waals surface area contributed by atoms with Gasteiger partial charge in [-0.1, -0.05) is 37.5 Å². The fourth-order valence-electron chi connectivity index (χ4n) is 5.10. The van der Waals surface area contributed by atoms with E-state index in [1.54, 1.807) is 0 Å². The van der Waals surface area contributed by atoms with Gasteiger partial charge in [-0.25, -0.2) is 0 Å². The predicted octanol–water partition coefficient (Wildman–Crippen LogP) is 4.46. The summed E-state index contributed by atoms with van der Waals surface area (Å²) in [5.74, 6) is 1.31. The Balaban J connectivity index is 1.28. The van der Waals surface area contributed by atoms with Crippen molar-refractivity contribution in [2.24, 2.45) is 0 Å². The lowest BCUT2D eigenvalue weighted by atomic mass is 10.0. The van der Waals surface area contributed by atoms with Gasteiger partial charge in [0.1, 0.15) is 11.7 Å². The van der Waals surface area contributed by atoms with Crippen LogP contribution in [0.1, 0.15) is 61.1 Å². The van der Waals surface area contributed by atoms with E-state index >= 15 is 0 Å². The molecule has 1 unspecified atom stereocenters. The van der Waals surface area contributed by atoms with Crippen LogP contribution in [0, 0.1) is 0 Å². The number of piperazine rings is 1. The summed E-state index contributed by atoms with van der Waals surface area (Å²) in [7, 11) is 0. The van der Waals surface area contributed by atoms with E-state index in [4.69, 9.17) is 9.15 Å². The number of para-hydroxylation sites is 1. The molecular weight excluding hydrogens is 424 g/mol. The Hall–Kier alpha value is -1.99. The molecule has 1 aromatic heterocycles. The molecule has 1 aromatic carbocycles. The Morgan fingerprint density at radius 1 is 0.938 bits per heavy atom. The number of hydrogen-bond donors (Lipinski definition) is 0. The Morgan fingerprint density at radius 3 is 2.44 bits per heavy atom. The number of carbonyl (C=O) groups excluding carboxylic acids is 2. The van der Waals surface area contributed by atoms with Crippen molar-refractivity contribution in [2.75, 3.05) is 32.8 Å². The topological polar surface area (TPSA) is 63.0 Å². The Morgan fingerprint density at radius 2 is 1.69 bits per heavy atom. The van der Waals surface area contributed by atoms with Gasteiger partial charge in [0.15, 0.2) is 5.76 Å². The van der Waals surface area contributed by atoms with Crippen LogP contribution in [0.5, 0.6) is 0 Å². The maximum absolute atomic E-state index is 13.5. The number of ether oxygens (including phenoxy) is 1. The van der Waals surface area contributed by atoms with Crippen LogP contribution in [0.15, 0.2) is 28.7 Å². The molecule has 0 bridgehead atoms. The van der Waals surface area contributed by atoms with Crippen LogP contribution in [-0.2, 0) is 15.3 Å². The zero-order valence-corrected chi connectivity index (χ0v) is 19.4. The monoisotopic (exact) mass is 456 g/mol. The van der Waals surface area contributed by atoms with Crippen LogP contribution in [0.2, 0.25) is 0 Å². The summed E-state index contributed by atoms with van der Waals surface area (Å²) in [4.78, 5) is 29.8. The number of fused-ring (bicyclic) bond motifs is 1. The Bertz CT molecular complexity index is 954. The van der Waals surface area contributed by atoms with Gasteiger partial charge in [-0.3, -0.25) is 9.59 Å². The van der Waals surface area contributed by atoms with E-state index in [-0.39, 0.29) is 17.9 Å². The number of thioether (sulfide) groups is 1. The molecule has 1 aliphatic carbocycles. The zero-order valence-electron chi connectivity index (χ0n) is 18.6. The van der Waals surface area contributed by atoms with Crippen molar-refractivity contribution in [3.8, 4) is 0 Å². The highest BCUT2D eigenvalue weighted by Crippen LogP contribution is 2.35. The van der Waals surface area contributed by atoms with Gasteiger partial charge >= 0.3 is 0 Å². The van der Waals surface area contributed by atoms with Gasteiger partial charge in [0, 0.05) is 54.7 Å². The molecule has 2 aromatic rings. The number of carbonyl (C=O) groups is 2. The quantitative estimate of drug-likeness (QED) is 0.665. The fraction of sp³-hybridized carbons (Fsp3) is 0.600. The van der Waals surface area contributed by atoms with Gasteiger partial charge in [0.05, 0.1) is 0 Å². The van der Waals surface area contributed by atoms with E-state index in [0.29, 0.717) is 43.8 Å². The molecule has 0 spiro atoms. The molecule has 3 aliphatic rings. The van der Waals surface area contributed by atoms with Gasteiger partial charge < -0.3 is 19.0 Å². The minimum Gasteiger partial charge on any atom is -0.451 e. The summed E-state index contributed by atoms with van der Waals surface area (Å²) >= 11 is 1.97. The van der Waals surface area contributed by atoms with E-state index < -0.39 is 0 Å². The standard InChI is InChI=1S/C25H32N2O4S/c28-24(22-11-6-16-30-22)26-12-14-27(15-13-26)25(29)23-20(17-32-18-7-2-1-3-8-18)19-9-4-5-10-21(19)31-23/h4-5,9-10,18,22H,1-3,6-8,11-17H2.